The van der Waals surface area contributed by atoms with E-state index in [1.165, 1.54) is 0 Å². The summed E-state index contributed by atoms with van der Waals surface area (Å²) in [7, 11) is 0. The molecule has 0 aliphatic carbocycles. The Kier molecular flexibility index (Phi) is 9.71. The molecule has 2 heterocycles. The number of hydrogen-bond donors (Lipinski definition) is 1. The lowest BCUT2D eigenvalue weighted by molar-refractivity contribution is -0.140. The van der Waals surface area contributed by atoms with Crippen molar-refractivity contribution in [2.24, 2.45) is 0 Å². The Morgan fingerprint density at radius 2 is 1.80 bits per heavy atom. The molecule has 9 heteroatoms. The van der Waals surface area contributed by atoms with E-state index in [-0.39, 0.29) is 11.3 Å². The minimum Gasteiger partial charge on any atom is -0.507 e. The van der Waals surface area contributed by atoms with Gasteiger partial charge in [-0.05, 0) is 68.9 Å². The van der Waals surface area contributed by atoms with Crippen LogP contribution in [0, 0.1) is 0 Å². The Balaban J connectivity index is 1.78. The highest BCUT2D eigenvalue weighted by Crippen LogP contribution is 2.43. The van der Waals surface area contributed by atoms with Gasteiger partial charge in [-0.1, -0.05) is 32.6 Å². The predicted octanol–water partition coefficient (Wildman–Crippen LogP) is 4.57. The van der Waals surface area contributed by atoms with E-state index in [0.29, 0.717) is 73.5 Å². The summed E-state index contributed by atoms with van der Waals surface area (Å²) in [5, 5.41) is 11.5. The first-order chi connectivity index (χ1) is 19.4. The summed E-state index contributed by atoms with van der Waals surface area (Å²) >= 11 is 0. The number of carbonyl (C=O) groups is 2. The number of fused-ring (bicyclic) bond motifs is 1. The molecule has 0 bridgehead atoms. The molecule has 0 saturated carbocycles. The molecule has 1 N–H and O–H groups in total. The molecule has 1 fully saturated rings. The molecule has 9 nitrogen and oxygen atoms in total. The van der Waals surface area contributed by atoms with Crippen LogP contribution in [0.5, 0.6) is 23.0 Å². The first-order valence-corrected chi connectivity index (χ1v) is 13.8. The molecule has 2 aliphatic rings. The smallest absolute Gasteiger partial charge is 0.295 e. The van der Waals surface area contributed by atoms with Gasteiger partial charge in [-0.3, -0.25) is 9.59 Å². The van der Waals surface area contributed by atoms with Crippen molar-refractivity contribution in [2.45, 2.75) is 33.2 Å². The van der Waals surface area contributed by atoms with E-state index in [0.717, 1.165) is 19.6 Å². The lowest BCUT2D eigenvalue weighted by Gasteiger charge is -2.27. The van der Waals surface area contributed by atoms with Gasteiger partial charge in [0.15, 0.2) is 23.0 Å². The molecule has 0 spiro atoms. The zero-order valence-electron chi connectivity index (χ0n) is 23.5. The number of carbonyl (C=O) groups excluding carboxylic acids is 2. The van der Waals surface area contributed by atoms with Crippen molar-refractivity contribution in [3.63, 3.8) is 0 Å². The Morgan fingerprint density at radius 1 is 1.05 bits per heavy atom. The van der Waals surface area contributed by atoms with Crippen molar-refractivity contribution in [3.8, 4) is 23.0 Å². The van der Waals surface area contributed by atoms with Crippen LogP contribution in [-0.2, 0) is 9.59 Å². The maximum absolute atomic E-state index is 13.5. The second-order valence-electron chi connectivity index (χ2n) is 9.47. The zero-order chi connectivity index (χ0) is 28.6. The molecule has 2 aliphatic heterocycles. The lowest BCUT2D eigenvalue weighted by Crippen LogP contribution is -2.33. The van der Waals surface area contributed by atoms with E-state index in [9.17, 15) is 14.7 Å². The number of ether oxygens (including phenoxy) is 4. The lowest BCUT2D eigenvalue weighted by atomic mass is 9.94. The zero-order valence-corrected chi connectivity index (χ0v) is 23.5. The van der Waals surface area contributed by atoms with Crippen LogP contribution in [0.1, 0.15) is 44.4 Å². The molecular weight excluding hydrogens is 512 g/mol. The van der Waals surface area contributed by atoms with Gasteiger partial charge in [0.25, 0.3) is 11.7 Å². The molecule has 1 saturated heterocycles. The summed E-state index contributed by atoms with van der Waals surface area (Å²) < 4.78 is 22.9. The van der Waals surface area contributed by atoms with Crippen LogP contribution in [0.3, 0.4) is 0 Å². The normalized spacial score (nSPS) is 17.8. The van der Waals surface area contributed by atoms with Gasteiger partial charge in [-0.2, -0.15) is 0 Å². The van der Waals surface area contributed by atoms with Crippen LogP contribution in [0.15, 0.2) is 54.6 Å². The minimum absolute atomic E-state index is 0.0201. The van der Waals surface area contributed by atoms with Crippen molar-refractivity contribution in [1.82, 2.24) is 9.80 Å². The molecule has 2 aromatic rings. The third kappa shape index (κ3) is 6.09. The van der Waals surface area contributed by atoms with Gasteiger partial charge in [0.05, 0.1) is 18.2 Å². The third-order valence-electron chi connectivity index (χ3n) is 7.06. The maximum atomic E-state index is 13.5. The topological polar surface area (TPSA) is 97.8 Å². The summed E-state index contributed by atoms with van der Waals surface area (Å²) in [6.45, 7) is 14.2. The average Bonchev–Trinajstić information content (AvgIpc) is 3.23. The quantitative estimate of drug-likeness (QED) is 0.168. The van der Waals surface area contributed by atoms with E-state index in [2.05, 4.69) is 25.3 Å². The van der Waals surface area contributed by atoms with E-state index in [1.54, 1.807) is 47.4 Å². The van der Waals surface area contributed by atoms with Gasteiger partial charge >= 0.3 is 0 Å². The number of benzene rings is 2. The largest absolute Gasteiger partial charge is 0.507 e. The number of aliphatic hydroxyl groups excluding tert-OH is 1. The summed E-state index contributed by atoms with van der Waals surface area (Å²) in [4.78, 5) is 30.7. The second-order valence-corrected chi connectivity index (χ2v) is 9.47. The van der Waals surface area contributed by atoms with Crippen molar-refractivity contribution < 1.29 is 33.6 Å². The molecule has 1 atom stereocenters. The summed E-state index contributed by atoms with van der Waals surface area (Å²) in [5.74, 6) is 0.399. The molecule has 0 radical (unpaired) electrons. The molecule has 1 amide bonds. The van der Waals surface area contributed by atoms with Gasteiger partial charge in [0.1, 0.15) is 25.6 Å². The Bertz CT molecular complexity index is 1270. The Morgan fingerprint density at radius 3 is 2.50 bits per heavy atom. The van der Waals surface area contributed by atoms with Crippen LogP contribution in [-0.4, -0.2) is 79.2 Å². The monoisotopic (exact) mass is 550 g/mol. The molecule has 40 heavy (non-hydrogen) atoms. The van der Waals surface area contributed by atoms with Crippen molar-refractivity contribution in [1.29, 1.82) is 0 Å². The Hall–Kier alpha value is -3.98. The third-order valence-corrected chi connectivity index (χ3v) is 7.06. The number of rotatable bonds is 13. The predicted molar refractivity (Wildman–Crippen MR) is 152 cm³/mol. The first-order valence-electron chi connectivity index (χ1n) is 13.8. The molecule has 0 aromatic heterocycles. The van der Waals surface area contributed by atoms with Gasteiger partial charge in [0, 0.05) is 12.1 Å². The minimum atomic E-state index is -0.808. The molecule has 4 rings (SSSR count). The average molecular weight is 551 g/mol. The van der Waals surface area contributed by atoms with Crippen LogP contribution in [0.2, 0.25) is 0 Å². The van der Waals surface area contributed by atoms with Crippen LogP contribution < -0.4 is 18.9 Å². The van der Waals surface area contributed by atoms with Gasteiger partial charge in [-0.15, -0.1) is 0 Å². The van der Waals surface area contributed by atoms with Crippen LogP contribution in [0.25, 0.3) is 5.76 Å². The number of ketones is 1. The molecule has 214 valence electrons. The number of nitrogens with zero attached hydrogens (tertiary/aromatic N) is 2. The maximum Gasteiger partial charge on any atom is 0.295 e. The fourth-order valence-electron chi connectivity index (χ4n) is 5.04. The van der Waals surface area contributed by atoms with Gasteiger partial charge < -0.3 is 33.9 Å². The fraction of sp³-hybridized carbons (Fsp3) is 0.419. The van der Waals surface area contributed by atoms with Gasteiger partial charge in [0.2, 0.25) is 0 Å². The second kappa shape index (κ2) is 13.4. The van der Waals surface area contributed by atoms with Gasteiger partial charge in [-0.25, -0.2) is 0 Å². The van der Waals surface area contributed by atoms with E-state index in [4.69, 9.17) is 18.9 Å². The summed E-state index contributed by atoms with van der Waals surface area (Å²) in [6, 6.07) is 9.50. The van der Waals surface area contributed by atoms with Crippen LogP contribution in [0.4, 0.5) is 0 Å². The molecule has 2 aromatic carbocycles. The van der Waals surface area contributed by atoms with E-state index in [1.807, 2.05) is 6.92 Å². The SMILES string of the molecule is C=CCOc1ccc([C@H]2C(=C(O)c3ccc4c(c3)OCCO4)C(=O)C(=O)N2CCCN(CC)CC)cc1OCC. The van der Waals surface area contributed by atoms with E-state index >= 15 is 0 Å². The number of amides is 1. The molecular formula is C31H38N2O7. The summed E-state index contributed by atoms with van der Waals surface area (Å²) in [6.07, 6.45) is 2.32. The highest BCUT2D eigenvalue weighted by atomic mass is 16.6. The number of Topliss-reactive ketones (excluding diaryl/α,β-unsaturated/α-hetero) is 1. The highest BCUT2D eigenvalue weighted by Gasteiger charge is 2.46. The van der Waals surface area contributed by atoms with Crippen molar-refractivity contribution in [2.75, 3.05) is 52.6 Å². The van der Waals surface area contributed by atoms with Crippen LogP contribution >= 0.6 is 0 Å². The molecule has 0 unspecified atom stereocenters. The number of aliphatic hydroxyl groups is 1. The first kappa shape index (κ1) is 29.0. The Labute approximate surface area is 235 Å². The van der Waals surface area contributed by atoms with Crippen molar-refractivity contribution in [3.05, 3.63) is 65.8 Å². The fourth-order valence-corrected chi connectivity index (χ4v) is 5.04. The van der Waals surface area contributed by atoms with Crippen molar-refractivity contribution >= 4 is 17.4 Å². The number of hydrogen-bond acceptors (Lipinski definition) is 8. The number of likely N-dealkylation sites (tertiary alicyclic amines) is 1. The van der Waals surface area contributed by atoms with E-state index < -0.39 is 17.7 Å². The highest BCUT2D eigenvalue weighted by molar-refractivity contribution is 6.46. The standard InChI is InChI=1S/C31H38N2O7/c1-5-16-38-23-12-10-21(19-25(23)37-8-4)28-27(29(34)22-11-13-24-26(20-22)40-18-17-39-24)30(35)31(36)33(28)15-9-14-32(6-2)7-3/h5,10-13,19-20,28,34H,1,6-9,14-18H2,2-4H3/t28-/m0/s1. The summed E-state index contributed by atoms with van der Waals surface area (Å²) in [5.41, 5.74) is 1.02.